The Morgan fingerprint density at radius 1 is 0.784 bits per heavy atom. The fourth-order valence-electron chi connectivity index (χ4n) is 5.23. The monoisotopic (exact) mass is 504 g/mol. The number of aromatic hydroxyl groups is 1. The van der Waals surface area contributed by atoms with Gasteiger partial charge in [0.25, 0.3) is 0 Å². The molecular weight excluding hydrogens is 452 g/mol. The molecule has 37 heavy (non-hydrogen) atoms. The lowest BCUT2D eigenvalue weighted by atomic mass is 9.86. The zero-order chi connectivity index (χ0) is 27.4. The van der Waals surface area contributed by atoms with Gasteiger partial charge in [0.15, 0.2) is 5.78 Å². The van der Waals surface area contributed by atoms with E-state index in [-0.39, 0.29) is 17.5 Å². The van der Waals surface area contributed by atoms with Crippen LogP contribution in [0.2, 0.25) is 0 Å². The molecule has 0 aromatic heterocycles. The highest BCUT2D eigenvalue weighted by Gasteiger charge is 2.21. The first-order chi connectivity index (χ1) is 17.8. The normalized spacial score (nSPS) is 14.1. The number of benzene rings is 2. The topological polar surface area (TPSA) is 37.3 Å². The van der Waals surface area contributed by atoms with Crippen LogP contribution in [0.15, 0.2) is 36.4 Å². The van der Waals surface area contributed by atoms with Crippen molar-refractivity contribution in [1.82, 2.24) is 0 Å². The molecule has 3 unspecified atom stereocenters. The third-order valence-corrected chi connectivity index (χ3v) is 8.00. The summed E-state index contributed by atoms with van der Waals surface area (Å²) in [4.78, 5) is 13.6. The Kier molecular flexibility index (Phi) is 13.2. The van der Waals surface area contributed by atoms with Gasteiger partial charge in [-0.05, 0) is 83.4 Å². The minimum atomic E-state index is -0.111. The van der Waals surface area contributed by atoms with Gasteiger partial charge in [-0.3, -0.25) is 4.79 Å². The summed E-state index contributed by atoms with van der Waals surface area (Å²) in [5.41, 5.74) is 6.24. The number of carbonyl (C=O) groups excluding carboxylic acids is 1. The van der Waals surface area contributed by atoms with Crippen molar-refractivity contribution >= 4 is 11.9 Å². The van der Waals surface area contributed by atoms with Crippen LogP contribution in [0.3, 0.4) is 0 Å². The van der Waals surface area contributed by atoms with Crippen molar-refractivity contribution in [1.29, 1.82) is 0 Å². The minimum Gasteiger partial charge on any atom is -0.507 e. The molecule has 0 spiro atoms. The van der Waals surface area contributed by atoms with E-state index in [1.165, 1.54) is 36.0 Å². The smallest absolute Gasteiger partial charge is 0.189 e. The predicted molar refractivity (Wildman–Crippen MR) is 161 cm³/mol. The van der Waals surface area contributed by atoms with Gasteiger partial charge >= 0.3 is 0 Å². The van der Waals surface area contributed by atoms with Crippen LogP contribution >= 0.6 is 0 Å². The third-order valence-electron chi connectivity index (χ3n) is 8.00. The predicted octanol–water partition coefficient (Wildman–Crippen LogP) is 10.7. The highest BCUT2D eigenvalue weighted by Crippen LogP contribution is 2.37. The Morgan fingerprint density at radius 3 is 1.92 bits per heavy atom. The molecule has 0 aliphatic carbocycles. The molecule has 0 amide bonds. The van der Waals surface area contributed by atoms with Gasteiger partial charge < -0.3 is 5.11 Å². The van der Waals surface area contributed by atoms with E-state index < -0.39 is 0 Å². The quantitative estimate of drug-likeness (QED) is 0.182. The van der Waals surface area contributed by atoms with E-state index in [1.54, 1.807) is 6.08 Å². The maximum atomic E-state index is 13.6. The van der Waals surface area contributed by atoms with E-state index in [0.29, 0.717) is 17.4 Å². The summed E-state index contributed by atoms with van der Waals surface area (Å²) < 4.78 is 0. The number of carbonyl (C=O) groups is 1. The molecule has 2 rings (SSSR count). The van der Waals surface area contributed by atoms with Crippen molar-refractivity contribution in [3.05, 3.63) is 69.8 Å². The van der Waals surface area contributed by atoms with Gasteiger partial charge in [-0.1, -0.05) is 117 Å². The second-order valence-corrected chi connectivity index (χ2v) is 11.2. The van der Waals surface area contributed by atoms with E-state index in [1.807, 2.05) is 12.1 Å². The van der Waals surface area contributed by atoms with Crippen molar-refractivity contribution in [2.45, 2.75) is 130 Å². The number of allylic oxidation sites excluding steroid dienone is 1. The minimum absolute atomic E-state index is 0.111. The Morgan fingerprint density at radius 2 is 1.35 bits per heavy atom. The van der Waals surface area contributed by atoms with Crippen molar-refractivity contribution in [3.8, 4) is 5.75 Å². The summed E-state index contributed by atoms with van der Waals surface area (Å²) in [7, 11) is 0. The van der Waals surface area contributed by atoms with Crippen LogP contribution in [-0.2, 0) is 6.42 Å². The first-order valence-electron chi connectivity index (χ1n) is 15.0. The molecule has 2 heteroatoms. The standard InChI is InChI=1S/C35H52O2/c1-8-12-15-25(5)30-23-32(27(7)17-14-10-3)35(37)33(24-30)34(36)21-19-29-22-28(11-4)18-20-31(29)26(6)16-13-9-2/h18-27,37H,8-17H2,1-7H3/b21-19+. The van der Waals surface area contributed by atoms with Crippen molar-refractivity contribution in [3.63, 3.8) is 0 Å². The summed E-state index contributed by atoms with van der Waals surface area (Å²) in [6.45, 7) is 15.5. The van der Waals surface area contributed by atoms with Crippen LogP contribution < -0.4 is 0 Å². The molecule has 1 N–H and O–H groups in total. The molecule has 2 nitrogen and oxygen atoms in total. The van der Waals surface area contributed by atoms with Crippen LogP contribution in [0.5, 0.6) is 5.75 Å². The molecule has 0 saturated carbocycles. The second kappa shape index (κ2) is 15.8. The Hall–Kier alpha value is -2.35. The highest BCUT2D eigenvalue weighted by molar-refractivity contribution is 6.09. The number of hydrogen-bond acceptors (Lipinski definition) is 2. The van der Waals surface area contributed by atoms with E-state index >= 15 is 0 Å². The maximum absolute atomic E-state index is 13.6. The van der Waals surface area contributed by atoms with Crippen LogP contribution in [-0.4, -0.2) is 10.9 Å². The molecule has 2 aromatic carbocycles. The zero-order valence-corrected chi connectivity index (χ0v) is 24.7. The number of ketones is 1. The zero-order valence-electron chi connectivity index (χ0n) is 24.7. The molecule has 0 heterocycles. The molecule has 0 aliphatic rings. The summed E-state index contributed by atoms with van der Waals surface area (Å²) >= 11 is 0. The molecule has 0 aliphatic heterocycles. The van der Waals surface area contributed by atoms with Crippen LogP contribution in [0, 0.1) is 0 Å². The molecule has 0 fully saturated rings. The summed E-state index contributed by atoms with van der Waals surface area (Å²) in [5.74, 6) is 1.09. The fraction of sp³-hybridized carbons (Fsp3) is 0.571. The number of phenolic OH excluding ortho intramolecular Hbond substituents is 1. The largest absolute Gasteiger partial charge is 0.507 e. The van der Waals surface area contributed by atoms with E-state index in [0.717, 1.165) is 56.1 Å². The fourth-order valence-corrected chi connectivity index (χ4v) is 5.23. The van der Waals surface area contributed by atoms with Gasteiger partial charge in [0.2, 0.25) is 0 Å². The van der Waals surface area contributed by atoms with Gasteiger partial charge in [0.05, 0.1) is 5.56 Å². The lowest BCUT2D eigenvalue weighted by Crippen LogP contribution is -2.05. The van der Waals surface area contributed by atoms with Crippen LogP contribution in [0.4, 0.5) is 0 Å². The lowest BCUT2D eigenvalue weighted by molar-refractivity contribution is 0.104. The average molecular weight is 505 g/mol. The number of unbranched alkanes of at least 4 members (excludes halogenated alkanes) is 3. The van der Waals surface area contributed by atoms with Gasteiger partial charge in [0.1, 0.15) is 5.75 Å². The summed E-state index contributed by atoms with van der Waals surface area (Å²) in [6, 6.07) is 10.8. The SMILES string of the molecule is CCCCC(C)c1cc(C(=O)/C=C/c2cc(CC)ccc2C(C)CCCC)c(O)c(C(C)CCCC)c1. The molecule has 0 saturated heterocycles. The molecular formula is C35H52O2. The van der Waals surface area contributed by atoms with Gasteiger partial charge in [-0.15, -0.1) is 0 Å². The van der Waals surface area contributed by atoms with E-state index in [2.05, 4.69) is 72.7 Å². The Labute approximate surface area is 227 Å². The first-order valence-corrected chi connectivity index (χ1v) is 15.0. The average Bonchev–Trinajstić information content (AvgIpc) is 2.91. The van der Waals surface area contributed by atoms with Crippen molar-refractivity contribution in [2.75, 3.05) is 0 Å². The van der Waals surface area contributed by atoms with Gasteiger partial charge in [0, 0.05) is 0 Å². The number of phenols is 1. The second-order valence-electron chi connectivity index (χ2n) is 11.2. The molecule has 2 aromatic rings. The molecule has 0 bridgehead atoms. The van der Waals surface area contributed by atoms with Crippen molar-refractivity contribution in [2.24, 2.45) is 0 Å². The third kappa shape index (κ3) is 8.87. The molecule has 0 radical (unpaired) electrons. The number of hydrogen-bond donors (Lipinski definition) is 1. The molecule has 204 valence electrons. The summed E-state index contributed by atoms with van der Waals surface area (Å²) in [5, 5.41) is 11.3. The van der Waals surface area contributed by atoms with Gasteiger partial charge in [-0.25, -0.2) is 0 Å². The van der Waals surface area contributed by atoms with Crippen LogP contribution in [0.1, 0.15) is 162 Å². The Bertz CT molecular complexity index is 1020. The van der Waals surface area contributed by atoms with Crippen LogP contribution in [0.25, 0.3) is 6.08 Å². The van der Waals surface area contributed by atoms with Crippen molar-refractivity contribution < 1.29 is 9.90 Å². The lowest BCUT2D eigenvalue weighted by Gasteiger charge is -2.20. The summed E-state index contributed by atoms with van der Waals surface area (Å²) in [6.07, 6.45) is 14.8. The van der Waals surface area contributed by atoms with E-state index in [4.69, 9.17) is 0 Å². The number of aryl methyl sites for hydroxylation is 1. The maximum Gasteiger partial charge on any atom is 0.189 e. The van der Waals surface area contributed by atoms with E-state index in [9.17, 15) is 9.90 Å². The first kappa shape index (κ1) is 30.9. The highest BCUT2D eigenvalue weighted by atomic mass is 16.3. The van der Waals surface area contributed by atoms with Gasteiger partial charge in [-0.2, -0.15) is 0 Å². The molecule has 3 atom stereocenters. The number of rotatable bonds is 16. The Balaban J connectivity index is 2.48.